The fourth-order valence-electron chi connectivity index (χ4n) is 1.24. The van der Waals surface area contributed by atoms with Gasteiger partial charge in [0.2, 0.25) is 0 Å². The van der Waals surface area contributed by atoms with Crippen molar-refractivity contribution in [2.24, 2.45) is 0 Å². The van der Waals surface area contributed by atoms with Gasteiger partial charge in [-0.25, -0.2) is 4.79 Å². The molecule has 0 aliphatic rings. The molecular weight excluding hydrogens is 220 g/mol. The van der Waals surface area contributed by atoms with Crippen LogP contribution in [0.15, 0.2) is 29.8 Å². The van der Waals surface area contributed by atoms with E-state index in [0.717, 1.165) is 5.56 Å². The number of carbonyl (C=O) groups is 1. The lowest BCUT2D eigenvalue weighted by molar-refractivity contribution is -0.132. The molecule has 0 unspecified atom stereocenters. The minimum absolute atomic E-state index is 0.206. The summed E-state index contributed by atoms with van der Waals surface area (Å²) < 4.78 is 10.6. The zero-order valence-corrected chi connectivity index (χ0v) is 10.2. The number of hydrogen-bond acceptors (Lipinski definition) is 3. The van der Waals surface area contributed by atoms with Crippen LogP contribution >= 0.6 is 0 Å². The molecule has 0 saturated carbocycles. The molecule has 0 aromatic heterocycles. The van der Waals surface area contributed by atoms with E-state index >= 15 is 0 Å². The van der Waals surface area contributed by atoms with Crippen molar-refractivity contribution < 1.29 is 19.4 Å². The SMILES string of the molecule is COc1cc(C)ccc1OCC=C(C)C(=O)O. The predicted octanol–water partition coefficient (Wildman–Crippen LogP) is 2.41. The van der Waals surface area contributed by atoms with E-state index in [-0.39, 0.29) is 12.2 Å². The van der Waals surface area contributed by atoms with Crippen LogP contribution in [-0.2, 0) is 4.79 Å². The molecule has 92 valence electrons. The topological polar surface area (TPSA) is 55.8 Å². The van der Waals surface area contributed by atoms with E-state index in [0.29, 0.717) is 11.5 Å². The van der Waals surface area contributed by atoms with Crippen molar-refractivity contribution in [1.82, 2.24) is 0 Å². The Morgan fingerprint density at radius 2 is 2.12 bits per heavy atom. The van der Waals surface area contributed by atoms with Crippen LogP contribution in [0.5, 0.6) is 11.5 Å². The largest absolute Gasteiger partial charge is 0.493 e. The molecule has 0 saturated heterocycles. The predicted molar refractivity (Wildman–Crippen MR) is 64.6 cm³/mol. The van der Waals surface area contributed by atoms with Gasteiger partial charge in [-0.3, -0.25) is 0 Å². The monoisotopic (exact) mass is 236 g/mol. The van der Waals surface area contributed by atoms with Gasteiger partial charge in [-0.15, -0.1) is 0 Å². The lowest BCUT2D eigenvalue weighted by Crippen LogP contribution is -2.01. The first-order valence-corrected chi connectivity index (χ1v) is 5.22. The maximum absolute atomic E-state index is 10.6. The zero-order chi connectivity index (χ0) is 12.8. The Morgan fingerprint density at radius 3 is 2.71 bits per heavy atom. The van der Waals surface area contributed by atoms with Gasteiger partial charge in [0.05, 0.1) is 7.11 Å². The van der Waals surface area contributed by atoms with E-state index in [4.69, 9.17) is 14.6 Å². The van der Waals surface area contributed by atoms with Gasteiger partial charge in [-0.05, 0) is 37.6 Å². The van der Waals surface area contributed by atoms with Gasteiger partial charge in [0.15, 0.2) is 11.5 Å². The molecule has 1 aromatic rings. The van der Waals surface area contributed by atoms with Gasteiger partial charge < -0.3 is 14.6 Å². The minimum Gasteiger partial charge on any atom is -0.493 e. The van der Waals surface area contributed by atoms with Gasteiger partial charge in [-0.2, -0.15) is 0 Å². The summed E-state index contributed by atoms with van der Waals surface area (Å²) in [6.07, 6.45) is 1.52. The third-order valence-corrected chi connectivity index (χ3v) is 2.28. The fourth-order valence-corrected chi connectivity index (χ4v) is 1.24. The molecule has 0 atom stereocenters. The molecule has 0 bridgehead atoms. The van der Waals surface area contributed by atoms with E-state index in [1.54, 1.807) is 13.2 Å². The average Bonchev–Trinajstić information content (AvgIpc) is 2.30. The minimum atomic E-state index is -0.940. The van der Waals surface area contributed by atoms with Crippen molar-refractivity contribution in [3.63, 3.8) is 0 Å². The summed E-state index contributed by atoms with van der Waals surface area (Å²) in [5, 5.41) is 8.67. The number of hydrogen-bond donors (Lipinski definition) is 1. The van der Waals surface area contributed by atoms with Gasteiger partial charge in [0, 0.05) is 5.57 Å². The molecule has 0 fully saturated rings. The number of aliphatic carboxylic acids is 1. The van der Waals surface area contributed by atoms with Crippen LogP contribution in [0.25, 0.3) is 0 Å². The van der Waals surface area contributed by atoms with E-state index in [9.17, 15) is 4.79 Å². The molecule has 0 spiro atoms. The van der Waals surface area contributed by atoms with E-state index in [1.807, 2.05) is 19.1 Å². The quantitative estimate of drug-likeness (QED) is 0.798. The van der Waals surface area contributed by atoms with Crippen molar-refractivity contribution in [2.45, 2.75) is 13.8 Å². The van der Waals surface area contributed by atoms with Crippen LogP contribution in [-0.4, -0.2) is 24.8 Å². The average molecular weight is 236 g/mol. The second-order valence-electron chi connectivity index (χ2n) is 3.66. The van der Waals surface area contributed by atoms with Gasteiger partial charge in [0.1, 0.15) is 6.61 Å². The van der Waals surface area contributed by atoms with Crippen LogP contribution in [0.4, 0.5) is 0 Å². The highest BCUT2D eigenvalue weighted by Crippen LogP contribution is 2.27. The molecule has 1 rings (SSSR count). The second kappa shape index (κ2) is 5.94. The number of rotatable bonds is 5. The number of aryl methyl sites for hydroxylation is 1. The Labute approximate surface area is 100 Å². The summed E-state index contributed by atoms with van der Waals surface area (Å²) in [4.78, 5) is 10.6. The van der Waals surface area contributed by atoms with Crippen molar-refractivity contribution in [3.05, 3.63) is 35.4 Å². The molecule has 1 aromatic carbocycles. The van der Waals surface area contributed by atoms with Gasteiger partial charge >= 0.3 is 5.97 Å². The number of carboxylic acid groups (broad SMARTS) is 1. The highest BCUT2D eigenvalue weighted by Gasteiger charge is 2.04. The second-order valence-corrected chi connectivity index (χ2v) is 3.66. The molecule has 4 nitrogen and oxygen atoms in total. The molecule has 0 aliphatic heterocycles. The highest BCUT2D eigenvalue weighted by molar-refractivity contribution is 5.85. The summed E-state index contributed by atoms with van der Waals surface area (Å²) in [5.74, 6) is 0.309. The Morgan fingerprint density at radius 1 is 1.41 bits per heavy atom. The molecule has 4 heteroatoms. The Kier molecular flexibility index (Phi) is 4.57. The number of benzene rings is 1. The Bertz CT molecular complexity index is 435. The summed E-state index contributed by atoms with van der Waals surface area (Å²) in [5.41, 5.74) is 1.34. The van der Waals surface area contributed by atoms with Crippen molar-refractivity contribution in [3.8, 4) is 11.5 Å². The Hall–Kier alpha value is -1.97. The van der Waals surface area contributed by atoms with E-state index in [1.165, 1.54) is 13.0 Å². The third kappa shape index (κ3) is 3.83. The van der Waals surface area contributed by atoms with Crippen molar-refractivity contribution >= 4 is 5.97 Å². The van der Waals surface area contributed by atoms with Gasteiger partial charge in [-0.1, -0.05) is 6.07 Å². The molecule has 17 heavy (non-hydrogen) atoms. The summed E-state index contributed by atoms with van der Waals surface area (Å²) in [6.45, 7) is 3.69. The summed E-state index contributed by atoms with van der Waals surface area (Å²) in [7, 11) is 1.57. The normalized spacial score (nSPS) is 11.1. The molecular formula is C13H16O4. The first-order chi connectivity index (χ1) is 8.04. The smallest absolute Gasteiger partial charge is 0.331 e. The van der Waals surface area contributed by atoms with Gasteiger partial charge in [0.25, 0.3) is 0 Å². The van der Waals surface area contributed by atoms with Crippen LogP contribution in [0.1, 0.15) is 12.5 Å². The van der Waals surface area contributed by atoms with E-state index in [2.05, 4.69) is 0 Å². The first-order valence-electron chi connectivity index (χ1n) is 5.22. The van der Waals surface area contributed by atoms with Crippen molar-refractivity contribution in [2.75, 3.05) is 13.7 Å². The van der Waals surface area contributed by atoms with Crippen LogP contribution in [0.3, 0.4) is 0 Å². The fraction of sp³-hybridized carbons (Fsp3) is 0.308. The molecule has 0 radical (unpaired) electrons. The maximum atomic E-state index is 10.6. The molecule has 0 heterocycles. The lowest BCUT2D eigenvalue weighted by Gasteiger charge is -2.09. The molecule has 0 aliphatic carbocycles. The maximum Gasteiger partial charge on any atom is 0.331 e. The van der Waals surface area contributed by atoms with Crippen molar-refractivity contribution in [1.29, 1.82) is 0 Å². The number of ether oxygens (including phenoxy) is 2. The van der Waals surface area contributed by atoms with Crippen LogP contribution in [0.2, 0.25) is 0 Å². The number of carboxylic acids is 1. The van der Waals surface area contributed by atoms with E-state index < -0.39 is 5.97 Å². The first kappa shape index (κ1) is 13.1. The van der Waals surface area contributed by atoms with Crippen LogP contribution < -0.4 is 9.47 Å². The third-order valence-electron chi connectivity index (χ3n) is 2.28. The standard InChI is InChI=1S/C13H16O4/c1-9-4-5-11(12(8-9)16-3)17-7-6-10(2)13(14)15/h4-6,8H,7H2,1-3H3,(H,14,15). The summed E-state index contributed by atoms with van der Waals surface area (Å²) in [6, 6.07) is 5.58. The number of methoxy groups -OCH3 is 1. The molecule has 1 N–H and O–H groups in total. The zero-order valence-electron chi connectivity index (χ0n) is 10.2. The lowest BCUT2D eigenvalue weighted by atomic mass is 10.2. The molecule has 0 amide bonds. The highest BCUT2D eigenvalue weighted by atomic mass is 16.5. The van der Waals surface area contributed by atoms with Crippen LogP contribution in [0, 0.1) is 6.92 Å². The Balaban J connectivity index is 2.69. The summed E-state index contributed by atoms with van der Waals surface area (Å²) >= 11 is 0.